The Morgan fingerprint density at radius 1 is 1.14 bits per heavy atom. The molecule has 8 heteroatoms. The predicted octanol–water partition coefficient (Wildman–Crippen LogP) is 7.94. The lowest BCUT2D eigenvalue weighted by atomic mass is 10.0. The normalized spacial score (nSPS) is 23.3. The van der Waals surface area contributed by atoms with Gasteiger partial charge in [-0.3, -0.25) is 0 Å². The third kappa shape index (κ3) is 3.85. The van der Waals surface area contributed by atoms with E-state index >= 15 is 0 Å². The topological polar surface area (TPSA) is 51.4 Å². The number of anilines is 1. The highest BCUT2D eigenvalue weighted by Gasteiger charge is 2.46. The van der Waals surface area contributed by atoms with Crippen LogP contribution >= 0.6 is 34.5 Å². The number of piperidine rings is 1. The Morgan fingerprint density at radius 3 is 2.67 bits per heavy atom. The fraction of sp³-hybridized carbons (Fsp3) is 0.429. The number of thiazole rings is 1. The van der Waals surface area contributed by atoms with Gasteiger partial charge in [0.1, 0.15) is 11.5 Å². The van der Waals surface area contributed by atoms with Crippen molar-refractivity contribution >= 4 is 49.9 Å². The first-order valence-corrected chi connectivity index (χ1v) is 14.2. The van der Waals surface area contributed by atoms with E-state index in [0.29, 0.717) is 34.5 Å². The lowest BCUT2D eigenvalue weighted by Gasteiger charge is -2.31. The number of nitrogens with zero attached hydrogens (tertiary/aromatic N) is 3. The molecule has 1 saturated heterocycles. The van der Waals surface area contributed by atoms with Crippen LogP contribution in [0, 0.1) is 19.8 Å². The first kappa shape index (κ1) is 23.0. The molecule has 3 aliphatic rings. The second kappa shape index (κ2) is 8.73. The minimum atomic E-state index is 0.223. The van der Waals surface area contributed by atoms with Gasteiger partial charge in [-0.15, -0.1) is 0 Å². The van der Waals surface area contributed by atoms with Gasteiger partial charge in [-0.1, -0.05) is 51.8 Å². The van der Waals surface area contributed by atoms with E-state index in [9.17, 15) is 0 Å². The van der Waals surface area contributed by atoms with Crippen molar-refractivity contribution < 1.29 is 9.26 Å². The van der Waals surface area contributed by atoms with Gasteiger partial charge in [-0.2, -0.15) is 0 Å². The van der Waals surface area contributed by atoms with Gasteiger partial charge in [0.05, 0.1) is 33.0 Å². The Bertz CT molecular complexity index is 1460. The van der Waals surface area contributed by atoms with Crippen molar-refractivity contribution in [1.82, 2.24) is 10.1 Å². The van der Waals surface area contributed by atoms with E-state index in [1.807, 2.05) is 29.5 Å². The molecule has 3 atom stereocenters. The van der Waals surface area contributed by atoms with Crippen LogP contribution in [-0.4, -0.2) is 28.8 Å². The van der Waals surface area contributed by atoms with Crippen molar-refractivity contribution in [2.24, 2.45) is 5.92 Å². The Balaban J connectivity index is 1.10. The van der Waals surface area contributed by atoms with Gasteiger partial charge in [0.25, 0.3) is 0 Å². The number of aryl methyl sites for hydroxylation is 2. The molecule has 2 bridgehead atoms. The molecule has 0 radical (unpaired) electrons. The fourth-order valence-corrected chi connectivity index (χ4v) is 7.86. The smallest absolute Gasteiger partial charge is 0.186 e. The molecule has 5 nitrogen and oxygen atoms in total. The predicted molar refractivity (Wildman–Crippen MR) is 145 cm³/mol. The van der Waals surface area contributed by atoms with Crippen LogP contribution in [0.4, 0.5) is 5.13 Å². The standard InChI is InChI=1S/C28H27Cl2N3O2S/c1-14-8-15(2)25-23(9-14)36-28(31-25)33-12-17-10-18(33)11-22(17)34-13-19-26(32-35-27(19)16-6-7-16)24-20(29)4-3-5-21(24)30/h3-5,8-9,16-18,22H,6-7,10-13H2,1-2H3. The van der Waals surface area contributed by atoms with E-state index in [-0.39, 0.29) is 6.10 Å². The minimum absolute atomic E-state index is 0.223. The van der Waals surface area contributed by atoms with Gasteiger partial charge in [0.2, 0.25) is 0 Å². The molecular weight excluding hydrogens is 513 g/mol. The summed E-state index contributed by atoms with van der Waals surface area (Å²) >= 11 is 14.9. The molecule has 3 heterocycles. The molecule has 2 aliphatic carbocycles. The summed E-state index contributed by atoms with van der Waals surface area (Å²) in [4.78, 5) is 7.53. The highest BCUT2D eigenvalue weighted by Crippen LogP contribution is 2.48. The molecule has 3 unspecified atom stereocenters. The molecule has 2 aromatic carbocycles. The minimum Gasteiger partial charge on any atom is -0.373 e. The molecule has 0 N–H and O–H groups in total. The van der Waals surface area contributed by atoms with Gasteiger partial charge >= 0.3 is 0 Å². The second-order valence-corrected chi connectivity index (χ2v) is 12.4. The molecule has 7 rings (SSSR count). The summed E-state index contributed by atoms with van der Waals surface area (Å²) in [6.45, 7) is 5.78. The zero-order valence-corrected chi connectivity index (χ0v) is 22.6. The number of ether oxygens (including phenoxy) is 1. The summed E-state index contributed by atoms with van der Waals surface area (Å²) in [5.74, 6) is 1.86. The molecule has 36 heavy (non-hydrogen) atoms. The Kier molecular flexibility index (Phi) is 5.58. The quantitative estimate of drug-likeness (QED) is 0.249. The molecule has 4 aromatic rings. The molecule has 0 spiro atoms. The largest absolute Gasteiger partial charge is 0.373 e. The summed E-state index contributed by atoms with van der Waals surface area (Å²) in [5, 5.41) is 6.72. The molecule has 2 saturated carbocycles. The summed E-state index contributed by atoms with van der Waals surface area (Å²) in [7, 11) is 0. The molecule has 2 aromatic heterocycles. The molecule has 3 fully saturated rings. The highest BCUT2D eigenvalue weighted by atomic mass is 35.5. The number of hydrogen-bond donors (Lipinski definition) is 0. The Hall–Kier alpha value is -2.12. The lowest BCUT2D eigenvalue weighted by molar-refractivity contribution is 0.0122. The summed E-state index contributed by atoms with van der Waals surface area (Å²) in [6, 6.07) is 10.5. The average Bonchev–Trinajstić information content (AvgIpc) is 3.18. The van der Waals surface area contributed by atoms with Crippen LogP contribution in [0.1, 0.15) is 54.1 Å². The van der Waals surface area contributed by atoms with Gasteiger partial charge < -0.3 is 14.2 Å². The maximum absolute atomic E-state index is 6.59. The third-order valence-electron chi connectivity index (χ3n) is 7.95. The van der Waals surface area contributed by atoms with Crippen LogP contribution in [0.3, 0.4) is 0 Å². The highest BCUT2D eigenvalue weighted by molar-refractivity contribution is 7.22. The third-order valence-corrected chi connectivity index (χ3v) is 9.62. The summed E-state index contributed by atoms with van der Waals surface area (Å²) in [6.07, 6.45) is 4.65. The van der Waals surface area contributed by atoms with Gasteiger partial charge in [-0.25, -0.2) is 4.98 Å². The number of benzene rings is 2. The van der Waals surface area contributed by atoms with E-state index in [1.165, 1.54) is 15.8 Å². The van der Waals surface area contributed by atoms with Crippen LogP contribution < -0.4 is 4.90 Å². The van der Waals surface area contributed by atoms with E-state index in [2.05, 4.69) is 36.0 Å². The van der Waals surface area contributed by atoms with E-state index < -0.39 is 0 Å². The van der Waals surface area contributed by atoms with Gasteiger partial charge in [-0.05, 0) is 68.9 Å². The van der Waals surface area contributed by atoms with Crippen LogP contribution in [0.15, 0.2) is 34.9 Å². The lowest BCUT2D eigenvalue weighted by Crippen LogP contribution is -2.38. The van der Waals surface area contributed by atoms with E-state index in [0.717, 1.165) is 65.5 Å². The zero-order valence-electron chi connectivity index (χ0n) is 20.3. The zero-order chi connectivity index (χ0) is 24.6. The summed E-state index contributed by atoms with van der Waals surface area (Å²) in [5.41, 5.74) is 6.15. The molecule has 1 aliphatic heterocycles. The van der Waals surface area contributed by atoms with Crippen molar-refractivity contribution in [3.05, 3.63) is 62.8 Å². The van der Waals surface area contributed by atoms with Crippen LogP contribution in [-0.2, 0) is 11.3 Å². The van der Waals surface area contributed by atoms with E-state index in [1.54, 1.807) is 0 Å². The Labute approximate surface area is 224 Å². The average molecular weight is 541 g/mol. The summed E-state index contributed by atoms with van der Waals surface area (Å²) < 4.78 is 13.7. The van der Waals surface area contributed by atoms with Gasteiger partial charge in [0.15, 0.2) is 5.13 Å². The number of aromatic nitrogens is 2. The van der Waals surface area contributed by atoms with Gasteiger partial charge in [0, 0.05) is 35.5 Å². The maximum Gasteiger partial charge on any atom is 0.186 e. The van der Waals surface area contributed by atoms with Crippen LogP contribution in [0.2, 0.25) is 10.0 Å². The van der Waals surface area contributed by atoms with Crippen molar-refractivity contribution in [1.29, 1.82) is 0 Å². The van der Waals surface area contributed by atoms with Crippen molar-refractivity contribution in [2.45, 2.75) is 64.2 Å². The molecule has 0 amide bonds. The van der Waals surface area contributed by atoms with Crippen molar-refractivity contribution in [2.75, 3.05) is 11.4 Å². The van der Waals surface area contributed by atoms with Crippen LogP contribution in [0.25, 0.3) is 21.5 Å². The fourth-order valence-electron chi connectivity index (χ4n) is 6.07. The van der Waals surface area contributed by atoms with E-state index in [4.69, 9.17) is 37.4 Å². The SMILES string of the molecule is Cc1cc(C)c2nc(N3CC4CC3CC4OCc3c(-c4c(Cl)cccc4Cl)noc3C3CC3)sc2c1. The Morgan fingerprint density at radius 2 is 1.94 bits per heavy atom. The number of hydrogen-bond acceptors (Lipinski definition) is 6. The van der Waals surface area contributed by atoms with Crippen molar-refractivity contribution in [3.8, 4) is 11.3 Å². The first-order valence-electron chi connectivity index (χ1n) is 12.6. The first-order chi connectivity index (χ1) is 17.5. The molecular formula is C28H27Cl2N3O2S. The monoisotopic (exact) mass is 539 g/mol. The number of halogens is 2. The number of fused-ring (bicyclic) bond motifs is 3. The van der Waals surface area contributed by atoms with Crippen molar-refractivity contribution in [3.63, 3.8) is 0 Å². The van der Waals surface area contributed by atoms with Crippen LogP contribution in [0.5, 0.6) is 0 Å². The molecule has 186 valence electrons. The number of rotatable bonds is 6. The second-order valence-electron chi connectivity index (χ2n) is 10.6. The maximum atomic E-state index is 6.59.